The van der Waals surface area contributed by atoms with E-state index in [2.05, 4.69) is 5.32 Å². The molecule has 4 fully saturated rings. The van der Waals surface area contributed by atoms with Crippen LogP contribution in [-0.2, 0) is 44.6 Å². The van der Waals surface area contributed by atoms with E-state index < -0.39 is 109 Å². The molecule has 0 bridgehead atoms. The number of benzene rings is 1. The second kappa shape index (κ2) is 19.8. The van der Waals surface area contributed by atoms with Crippen LogP contribution >= 0.6 is 0 Å². The SMILES string of the molecule is C[C@H]1O[C@H](O[C@H]2C(CNC(=O)OCc3ccc([N+](=O)[O-])cc3)OCC[C@@H]2O[C@H]2O[C@@H](CO)[C@@H](O)[C@H](O[C@@H](CC3CCCCC3)C(=O)O)[C@H]2O)[C@@H](O)[C@H](O)[C@H]1O. The molecule has 0 spiro atoms. The topological polar surface area (TPSA) is 296 Å². The number of carbonyl (C=O) groups is 2. The Balaban J connectivity index is 1.30. The molecule has 3 saturated heterocycles. The highest BCUT2D eigenvalue weighted by Gasteiger charge is 2.51. The molecule has 20 heteroatoms. The zero-order chi connectivity index (χ0) is 39.8. The van der Waals surface area contributed by atoms with E-state index in [-0.39, 0.29) is 44.2 Å². The fraction of sp³-hybridized carbons (Fsp3) is 0.771. The number of nitrogens with zero attached hydrogens (tertiary/aromatic N) is 1. The van der Waals surface area contributed by atoms with Gasteiger partial charge in [-0.3, -0.25) is 10.1 Å². The normalized spacial score (nSPS) is 36.5. The summed E-state index contributed by atoms with van der Waals surface area (Å²) in [5.41, 5.74) is 0.344. The van der Waals surface area contributed by atoms with E-state index in [0.717, 1.165) is 32.1 Å². The highest BCUT2D eigenvalue weighted by Crippen LogP contribution is 2.34. The molecule has 1 aromatic rings. The zero-order valence-corrected chi connectivity index (χ0v) is 30.3. The summed E-state index contributed by atoms with van der Waals surface area (Å²) in [5, 5.41) is 87.4. The van der Waals surface area contributed by atoms with Gasteiger partial charge in [-0.1, -0.05) is 32.1 Å². The van der Waals surface area contributed by atoms with E-state index in [0.29, 0.717) is 5.56 Å². The van der Waals surface area contributed by atoms with Crippen molar-refractivity contribution >= 4 is 17.7 Å². The van der Waals surface area contributed by atoms with Crippen molar-refractivity contribution in [2.75, 3.05) is 19.8 Å². The van der Waals surface area contributed by atoms with Crippen LogP contribution in [-0.4, -0.2) is 158 Å². The average molecular weight is 789 g/mol. The number of alkyl carbamates (subject to hydrolysis) is 1. The van der Waals surface area contributed by atoms with Crippen LogP contribution in [0.4, 0.5) is 10.5 Å². The van der Waals surface area contributed by atoms with Gasteiger partial charge in [0.25, 0.3) is 5.69 Å². The molecule has 0 aromatic heterocycles. The number of aliphatic hydroxyl groups excluding tert-OH is 6. The molecule has 1 unspecified atom stereocenters. The van der Waals surface area contributed by atoms with Crippen molar-refractivity contribution < 1.29 is 83.4 Å². The van der Waals surface area contributed by atoms with Crippen LogP contribution in [0.2, 0.25) is 0 Å². The van der Waals surface area contributed by atoms with Crippen LogP contribution in [0.1, 0.15) is 57.4 Å². The maximum atomic E-state index is 12.7. The van der Waals surface area contributed by atoms with Crippen molar-refractivity contribution in [2.24, 2.45) is 5.92 Å². The van der Waals surface area contributed by atoms with Crippen LogP contribution in [0.15, 0.2) is 24.3 Å². The lowest BCUT2D eigenvalue weighted by Crippen LogP contribution is -2.64. The maximum Gasteiger partial charge on any atom is 0.407 e. The van der Waals surface area contributed by atoms with E-state index >= 15 is 0 Å². The molecule has 4 aliphatic rings. The summed E-state index contributed by atoms with van der Waals surface area (Å²) in [6.07, 6.45) is -16.1. The lowest BCUT2D eigenvalue weighted by atomic mass is 9.85. The van der Waals surface area contributed by atoms with Gasteiger partial charge in [0.2, 0.25) is 0 Å². The molecular weight excluding hydrogens is 736 g/mol. The minimum absolute atomic E-state index is 0.0117. The highest BCUT2D eigenvalue weighted by atomic mass is 16.7. The second-order valence-electron chi connectivity index (χ2n) is 14.4. The van der Waals surface area contributed by atoms with Gasteiger partial charge in [-0.2, -0.15) is 0 Å². The molecule has 8 N–H and O–H groups in total. The average Bonchev–Trinajstić information content (AvgIpc) is 3.17. The van der Waals surface area contributed by atoms with Gasteiger partial charge in [0.05, 0.1) is 23.7 Å². The Hall–Kier alpha value is -3.12. The third-order valence-electron chi connectivity index (χ3n) is 10.5. The Bertz CT molecular complexity index is 1400. The number of hydrogen-bond donors (Lipinski definition) is 8. The number of carbonyl (C=O) groups excluding carboxylic acids is 1. The highest BCUT2D eigenvalue weighted by molar-refractivity contribution is 5.72. The van der Waals surface area contributed by atoms with Gasteiger partial charge in [0.15, 0.2) is 18.7 Å². The van der Waals surface area contributed by atoms with Crippen molar-refractivity contribution in [1.29, 1.82) is 0 Å². The number of hydrogen-bond acceptors (Lipinski definition) is 17. The quantitative estimate of drug-likeness (QED) is 0.0817. The number of ether oxygens (including phenoxy) is 7. The monoisotopic (exact) mass is 788 g/mol. The van der Waals surface area contributed by atoms with Crippen molar-refractivity contribution in [2.45, 2.75) is 144 Å². The first-order chi connectivity index (χ1) is 26.3. The summed E-state index contributed by atoms with van der Waals surface area (Å²) in [4.78, 5) is 35.3. The number of aliphatic hydroxyl groups is 6. The lowest BCUT2D eigenvalue weighted by molar-refractivity contribution is -0.384. The van der Waals surface area contributed by atoms with Crippen LogP contribution in [0.25, 0.3) is 0 Å². The first-order valence-corrected chi connectivity index (χ1v) is 18.5. The van der Waals surface area contributed by atoms with Crippen LogP contribution < -0.4 is 5.32 Å². The number of nitro benzene ring substituents is 1. The largest absolute Gasteiger partial charge is 0.479 e. The van der Waals surface area contributed by atoms with Gasteiger partial charge < -0.3 is 74.2 Å². The number of nitrogens with one attached hydrogen (secondary N) is 1. The van der Waals surface area contributed by atoms with E-state index in [1.54, 1.807) is 0 Å². The van der Waals surface area contributed by atoms with Crippen molar-refractivity contribution in [3.05, 3.63) is 39.9 Å². The standard InChI is InChI=1S/C35H52N2O18/c1-17-25(39)27(41)28(42)33(51-17)55-30-21(11-12-49-23(30)14-36-35(46)50-16-19-7-9-20(10-8-19)37(47)48)53-34-29(43)31(26(40)24(15-38)54-34)52-22(32(44)45)13-18-5-3-2-4-6-18/h7-10,17-18,21-31,33-34,38-43H,2-6,11-16H2,1H3,(H,36,46)(H,44,45)/t17-,21+,22+,23?,24+,25+,26-,27-,28+,29-,30-,31+,33-,34+/m1/s1. The molecule has 1 amide bonds. The lowest BCUT2D eigenvalue weighted by Gasteiger charge is -2.47. The molecule has 1 aliphatic carbocycles. The number of amides is 1. The predicted octanol–water partition coefficient (Wildman–Crippen LogP) is -0.544. The van der Waals surface area contributed by atoms with E-state index in [4.69, 9.17) is 33.2 Å². The minimum Gasteiger partial charge on any atom is -0.479 e. The van der Waals surface area contributed by atoms with Gasteiger partial charge in [0.1, 0.15) is 61.5 Å². The number of carboxylic acid groups (broad SMARTS) is 1. The molecule has 310 valence electrons. The van der Waals surface area contributed by atoms with Crippen molar-refractivity contribution in [3.63, 3.8) is 0 Å². The summed E-state index contributed by atoms with van der Waals surface area (Å²) >= 11 is 0. The van der Waals surface area contributed by atoms with Crippen molar-refractivity contribution in [1.82, 2.24) is 5.32 Å². The summed E-state index contributed by atoms with van der Waals surface area (Å²) in [6, 6.07) is 5.39. The summed E-state index contributed by atoms with van der Waals surface area (Å²) in [6.45, 7) is 0.232. The Kier molecular flexibility index (Phi) is 15.5. The number of carboxylic acids is 1. The van der Waals surface area contributed by atoms with Gasteiger partial charge in [-0.05, 0) is 43.4 Å². The molecule has 3 heterocycles. The molecule has 0 radical (unpaired) electrons. The van der Waals surface area contributed by atoms with Crippen LogP contribution in [0, 0.1) is 16.0 Å². The molecule has 5 rings (SSSR count). The zero-order valence-electron chi connectivity index (χ0n) is 30.3. The molecule has 14 atom stereocenters. The van der Waals surface area contributed by atoms with Gasteiger partial charge in [0, 0.05) is 25.3 Å². The number of nitro groups is 1. The van der Waals surface area contributed by atoms with Gasteiger partial charge in [-0.25, -0.2) is 9.59 Å². The molecule has 1 saturated carbocycles. The first kappa shape index (κ1) is 43.0. The fourth-order valence-electron chi connectivity index (χ4n) is 7.34. The Morgan fingerprint density at radius 2 is 1.58 bits per heavy atom. The van der Waals surface area contributed by atoms with Gasteiger partial charge >= 0.3 is 12.1 Å². The number of aliphatic carboxylic acids is 1. The van der Waals surface area contributed by atoms with Crippen LogP contribution in [0.3, 0.4) is 0 Å². The van der Waals surface area contributed by atoms with E-state index in [1.807, 2.05) is 0 Å². The molecule has 1 aromatic carbocycles. The summed E-state index contributed by atoms with van der Waals surface area (Å²) in [7, 11) is 0. The molecule has 55 heavy (non-hydrogen) atoms. The summed E-state index contributed by atoms with van der Waals surface area (Å²) < 4.78 is 40.7. The van der Waals surface area contributed by atoms with Crippen molar-refractivity contribution in [3.8, 4) is 0 Å². The maximum absolute atomic E-state index is 12.7. The Labute approximate surface area is 316 Å². The predicted molar refractivity (Wildman–Crippen MR) is 183 cm³/mol. The minimum atomic E-state index is -1.77. The third kappa shape index (κ3) is 11.1. The second-order valence-corrected chi connectivity index (χ2v) is 14.4. The smallest absolute Gasteiger partial charge is 0.407 e. The summed E-state index contributed by atoms with van der Waals surface area (Å²) in [5.74, 6) is -1.20. The van der Waals surface area contributed by atoms with Gasteiger partial charge in [-0.15, -0.1) is 0 Å². The Morgan fingerprint density at radius 3 is 2.24 bits per heavy atom. The van der Waals surface area contributed by atoms with E-state index in [1.165, 1.54) is 31.2 Å². The first-order valence-electron chi connectivity index (χ1n) is 18.5. The van der Waals surface area contributed by atoms with E-state index in [9.17, 15) is 55.4 Å². The number of rotatable bonds is 15. The third-order valence-corrected chi connectivity index (χ3v) is 10.5. The number of non-ortho nitro benzene ring substituents is 1. The fourth-order valence-corrected chi connectivity index (χ4v) is 7.34. The molecule has 20 nitrogen and oxygen atoms in total. The Morgan fingerprint density at radius 1 is 0.891 bits per heavy atom. The molecular formula is C35H52N2O18. The molecule has 3 aliphatic heterocycles. The van der Waals surface area contributed by atoms with Crippen LogP contribution in [0.5, 0.6) is 0 Å².